The zero-order valence-corrected chi connectivity index (χ0v) is 17.8. The first-order chi connectivity index (χ1) is 13.1. The van der Waals surface area contributed by atoms with E-state index < -0.39 is 25.5 Å². The van der Waals surface area contributed by atoms with Gasteiger partial charge in [0.1, 0.15) is 20.0 Å². The number of furan rings is 1. The highest BCUT2D eigenvalue weighted by atomic mass is 28.3. The Kier molecular flexibility index (Phi) is 7.52. The third kappa shape index (κ3) is 6.26. The highest BCUT2D eigenvalue weighted by Crippen LogP contribution is 2.25. The van der Waals surface area contributed by atoms with Crippen molar-refractivity contribution in [3.05, 3.63) is 53.0 Å². The lowest BCUT2D eigenvalue weighted by Gasteiger charge is -2.16. The van der Waals surface area contributed by atoms with Crippen LogP contribution in [0.1, 0.15) is 49.8 Å². The van der Waals surface area contributed by atoms with Crippen LogP contribution >= 0.6 is 0 Å². The lowest BCUT2D eigenvalue weighted by Crippen LogP contribution is -2.36. The number of ether oxygens (including phenoxy) is 1. The molecule has 7 heteroatoms. The fourth-order valence-corrected chi connectivity index (χ4v) is 4.00. The number of esters is 1. The largest absolute Gasteiger partial charge is 0.474 e. The SMILES string of the molecule is CC(=O)OC(CCCCCc1cc(F)c(F)cc1F)c1coc([Si](C)(C)C)c1. The average Bonchev–Trinajstić information content (AvgIpc) is 3.08. The van der Waals surface area contributed by atoms with Crippen LogP contribution in [-0.2, 0) is 16.0 Å². The first-order valence-corrected chi connectivity index (χ1v) is 13.0. The van der Waals surface area contributed by atoms with E-state index in [4.69, 9.17) is 9.15 Å². The quantitative estimate of drug-likeness (QED) is 0.231. The Labute approximate surface area is 164 Å². The van der Waals surface area contributed by atoms with Crippen molar-refractivity contribution in [2.24, 2.45) is 0 Å². The monoisotopic (exact) mass is 412 g/mol. The van der Waals surface area contributed by atoms with Gasteiger partial charge < -0.3 is 9.15 Å². The molecule has 0 saturated carbocycles. The molecule has 1 atom stereocenters. The lowest BCUT2D eigenvalue weighted by molar-refractivity contribution is -0.147. The maximum Gasteiger partial charge on any atom is 0.303 e. The number of halogens is 3. The number of hydrogen-bond donors (Lipinski definition) is 0. The molecule has 0 fully saturated rings. The summed E-state index contributed by atoms with van der Waals surface area (Å²) in [5, 5.41) is 0.952. The van der Waals surface area contributed by atoms with E-state index in [2.05, 4.69) is 19.6 Å². The van der Waals surface area contributed by atoms with Gasteiger partial charge in [0.2, 0.25) is 0 Å². The Hall–Kier alpha value is -2.02. The maximum absolute atomic E-state index is 13.7. The number of carbonyl (C=O) groups excluding carboxylic acids is 1. The Balaban J connectivity index is 1.89. The number of carbonyl (C=O) groups is 1. The highest BCUT2D eigenvalue weighted by molar-refractivity contribution is 6.87. The van der Waals surface area contributed by atoms with Gasteiger partial charge in [-0.25, -0.2) is 13.2 Å². The van der Waals surface area contributed by atoms with E-state index >= 15 is 0 Å². The fraction of sp³-hybridized carbons (Fsp3) is 0.476. The third-order valence-electron chi connectivity index (χ3n) is 4.54. The van der Waals surface area contributed by atoms with Crippen LogP contribution in [0.2, 0.25) is 19.6 Å². The van der Waals surface area contributed by atoms with Crippen molar-refractivity contribution >= 4 is 19.4 Å². The topological polar surface area (TPSA) is 39.4 Å². The Morgan fingerprint density at radius 1 is 1.04 bits per heavy atom. The van der Waals surface area contributed by atoms with Gasteiger partial charge in [0.05, 0.1) is 11.6 Å². The minimum absolute atomic E-state index is 0.171. The summed E-state index contributed by atoms with van der Waals surface area (Å²) in [6.07, 6.45) is 4.33. The molecule has 1 aromatic carbocycles. The standard InChI is InChI=1S/C21H27F3O3Si/c1-14(25)27-20(16-11-21(26-13-16)28(2,3)4)9-7-5-6-8-15-10-18(23)19(24)12-17(15)22/h10-13,20H,5-9H2,1-4H3. The lowest BCUT2D eigenvalue weighted by atomic mass is 10.0. The van der Waals surface area contributed by atoms with Gasteiger partial charge >= 0.3 is 5.97 Å². The van der Waals surface area contributed by atoms with Crippen LogP contribution in [0.25, 0.3) is 0 Å². The summed E-state index contributed by atoms with van der Waals surface area (Å²) in [6, 6.07) is 3.46. The van der Waals surface area contributed by atoms with Crippen LogP contribution in [0.15, 0.2) is 28.9 Å². The van der Waals surface area contributed by atoms with Crippen LogP contribution in [0.5, 0.6) is 0 Å². The molecule has 0 aliphatic heterocycles. The molecule has 2 rings (SSSR count). The third-order valence-corrected chi connectivity index (χ3v) is 6.28. The van der Waals surface area contributed by atoms with Gasteiger partial charge in [0, 0.05) is 18.6 Å². The fourth-order valence-electron chi connectivity index (χ4n) is 2.98. The summed E-state index contributed by atoms with van der Waals surface area (Å²) in [6.45, 7) is 7.90. The molecule has 3 nitrogen and oxygen atoms in total. The van der Waals surface area contributed by atoms with Crippen molar-refractivity contribution in [3.8, 4) is 0 Å². The molecule has 1 unspecified atom stereocenters. The van der Waals surface area contributed by atoms with Crippen molar-refractivity contribution in [2.75, 3.05) is 0 Å². The molecule has 0 spiro atoms. The number of hydrogen-bond acceptors (Lipinski definition) is 3. The Morgan fingerprint density at radius 2 is 1.71 bits per heavy atom. The summed E-state index contributed by atoms with van der Waals surface area (Å²) < 4.78 is 51.0. The van der Waals surface area contributed by atoms with Crippen molar-refractivity contribution in [1.82, 2.24) is 0 Å². The van der Waals surface area contributed by atoms with E-state index in [0.29, 0.717) is 25.3 Å². The highest BCUT2D eigenvalue weighted by Gasteiger charge is 2.24. The number of unbranched alkanes of at least 4 members (excludes halogenated alkanes) is 2. The molecule has 0 bridgehead atoms. The van der Waals surface area contributed by atoms with E-state index in [-0.39, 0.29) is 17.6 Å². The van der Waals surface area contributed by atoms with Gasteiger partial charge in [-0.2, -0.15) is 0 Å². The predicted molar refractivity (Wildman–Crippen MR) is 105 cm³/mol. The molecule has 0 saturated heterocycles. The molecule has 154 valence electrons. The predicted octanol–water partition coefficient (Wildman–Crippen LogP) is 5.65. The van der Waals surface area contributed by atoms with E-state index in [0.717, 1.165) is 29.9 Å². The Morgan fingerprint density at radius 3 is 2.32 bits per heavy atom. The summed E-state index contributed by atoms with van der Waals surface area (Å²) in [5.41, 5.74) is 1.02. The van der Waals surface area contributed by atoms with Gasteiger partial charge in [0.25, 0.3) is 0 Å². The zero-order chi connectivity index (χ0) is 20.9. The van der Waals surface area contributed by atoms with Gasteiger partial charge in [-0.05, 0) is 43.4 Å². The van der Waals surface area contributed by atoms with Crippen LogP contribution in [0, 0.1) is 17.5 Å². The minimum Gasteiger partial charge on any atom is -0.474 e. The molecule has 1 heterocycles. The van der Waals surface area contributed by atoms with Crippen molar-refractivity contribution in [1.29, 1.82) is 0 Å². The molecular weight excluding hydrogens is 385 g/mol. The average molecular weight is 413 g/mol. The zero-order valence-electron chi connectivity index (χ0n) is 16.8. The smallest absolute Gasteiger partial charge is 0.303 e. The van der Waals surface area contributed by atoms with Crippen LogP contribution in [-0.4, -0.2) is 14.0 Å². The number of aryl methyl sites for hydroxylation is 1. The second-order valence-corrected chi connectivity index (χ2v) is 13.0. The van der Waals surface area contributed by atoms with E-state index in [1.165, 1.54) is 6.92 Å². The first-order valence-electron chi connectivity index (χ1n) is 9.47. The van der Waals surface area contributed by atoms with Crippen molar-refractivity contribution in [2.45, 2.75) is 64.8 Å². The molecule has 0 N–H and O–H groups in total. The van der Waals surface area contributed by atoms with Crippen molar-refractivity contribution in [3.63, 3.8) is 0 Å². The summed E-state index contributed by atoms with van der Waals surface area (Å²) >= 11 is 0. The summed E-state index contributed by atoms with van der Waals surface area (Å²) in [7, 11) is -1.59. The molecule has 2 aromatic rings. The van der Waals surface area contributed by atoms with Crippen LogP contribution in [0.3, 0.4) is 0 Å². The first kappa shape index (κ1) is 22.3. The molecular formula is C21H27F3O3Si. The summed E-state index contributed by atoms with van der Waals surface area (Å²) in [5.74, 6) is -3.30. The molecule has 0 aliphatic rings. The normalized spacial score (nSPS) is 12.8. The second-order valence-electron chi connectivity index (χ2n) is 8.05. The van der Waals surface area contributed by atoms with Gasteiger partial charge in [-0.1, -0.05) is 26.1 Å². The van der Waals surface area contributed by atoms with Crippen molar-refractivity contribution < 1.29 is 27.1 Å². The van der Waals surface area contributed by atoms with E-state index in [1.54, 1.807) is 6.26 Å². The van der Waals surface area contributed by atoms with E-state index in [9.17, 15) is 18.0 Å². The van der Waals surface area contributed by atoms with Gasteiger partial charge in [-0.15, -0.1) is 0 Å². The van der Waals surface area contributed by atoms with Crippen LogP contribution < -0.4 is 5.38 Å². The molecule has 0 aliphatic carbocycles. The molecule has 0 radical (unpaired) electrons. The number of rotatable bonds is 9. The maximum atomic E-state index is 13.7. The van der Waals surface area contributed by atoms with E-state index in [1.807, 2.05) is 6.07 Å². The van der Waals surface area contributed by atoms with Gasteiger partial charge in [-0.3, -0.25) is 4.79 Å². The second kappa shape index (κ2) is 9.45. The summed E-state index contributed by atoms with van der Waals surface area (Å²) in [4.78, 5) is 11.4. The Bertz CT molecular complexity index is 812. The molecule has 0 amide bonds. The van der Waals surface area contributed by atoms with Gasteiger partial charge in [0.15, 0.2) is 11.6 Å². The van der Waals surface area contributed by atoms with Crippen LogP contribution in [0.4, 0.5) is 13.2 Å². The minimum atomic E-state index is -1.59. The molecule has 28 heavy (non-hydrogen) atoms. The molecule has 1 aromatic heterocycles. The number of benzene rings is 1.